The van der Waals surface area contributed by atoms with Crippen LogP contribution >= 0.6 is 0 Å². The van der Waals surface area contributed by atoms with Crippen molar-refractivity contribution in [1.29, 1.82) is 0 Å². The first-order valence-electron chi connectivity index (χ1n) is 5.78. The molecule has 0 bridgehead atoms. The first-order valence-corrected chi connectivity index (χ1v) is 5.78. The number of nitrogens with zero attached hydrogens (tertiary/aromatic N) is 1. The van der Waals surface area contributed by atoms with Crippen LogP contribution in [0.3, 0.4) is 0 Å². The summed E-state index contributed by atoms with van der Waals surface area (Å²) in [4.78, 5) is 25.7. The van der Waals surface area contributed by atoms with Gasteiger partial charge in [-0.2, -0.15) is 0 Å². The monoisotopic (exact) mass is 251 g/mol. The third-order valence-electron chi connectivity index (χ3n) is 2.41. The zero-order valence-electron chi connectivity index (χ0n) is 10.2. The lowest BCUT2D eigenvalue weighted by molar-refractivity contribution is -0.137. The van der Waals surface area contributed by atoms with Crippen molar-refractivity contribution >= 4 is 17.7 Å². The van der Waals surface area contributed by atoms with Crippen LogP contribution in [0.15, 0.2) is 18.2 Å². The molecule has 0 aliphatic carbocycles. The Morgan fingerprint density at radius 1 is 1.50 bits per heavy atom. The van der Waals surface area contributed by atoms with E-state index in [0.29, 0.717) is 5.82 Å². The number of amides is 1. The van der Waals surface area contributed by atoms with E-state index in [1.807, 2.05) is 6.92 Å². The third-order valence-corrected chi connectivity index (χ3v) is 2.41. The Labute approximate surface area is 105 Å². The van der Waals surface area contributed by atoms with Crippen molar-refractivity contribution < 1.29 is 14.7 Å². The van der Waals surface area contributed by atoms with E-state index < -0.39 is 11.9 Å². The number of hydrogen-bond acceptors (Lipinski definition) is 4. The van der Waals surface area contributed by atoms with Crippen LogP contribution in [0, 0.1) is 0 Å². The normalized spacial score (nSPS) is 11.8. The average molecular weight is 251 g/mol. The molecule has 0 aliphatic rings. The molecule has 0 saturated heterocycles. The Balaban J connectivity index is 2.76. The minimum absolute atomic E-state index is 0.0102. The molecular weight excluding hydrogens is 234 g/mol. The average Bonchev–Trinajstić information content (AvgIpc) is 2.28. The van der Waals surface area contributed by atoms with Gasteiger partial charge in [0.15, 0.2) is 0 Å². The minimum atomic E-state index is -0.869. The van der Waals surface area contributed by atoms with Gasteiger partial charge < -0.3 is 16.2 Å². The maximum Gasteiger partial charge on any atom is 0.305 e. The highest BCUT2D eigenvalue weighted by atomic mass is 16.4. The van der Waals surface area contributed by atoms with Crippen LogP contribution in [0.25, 0.3) is 0 Å². The first kappa shape index (κ1) is 14.0. The summed E-state index contributed by atoms with van der Waals surface area (Å²) in [7, 11) is 0. The van der Waals surface area contributed by atoms with Gasteiger partial charge >= 0.3 is 5.97 Å². The minimum Gasteiger partial charge on any atom is -0.481 e. The van der Waals surface area contributed by atoms with Crippen molar-refractivity contribution in [2.75, 3.05) is 5.32 Å². The number of hydrogen-bond donors (Lipinski definition) is 3. The van der Waals surface area contributed by atoms with Gasteiger partial charge in [-0.15, -0.1) is 0 Å². The van der Waals surface area contributed by atoms with E-state index in [-0.39, 0.29) is 18.2 Å². The summed E-state index contributed by atoms with van der Waals surface area (Å²) in [6.07, 6.45) is 1.59. The standard InChI is InChI=1S/C12H17N3O3/c1-2-4-8(7-11(16)17)14-10-6-3-5-9(15-10)12(13)18/h3,5-6,8H,2,4,7H2,1H3,(H2,13,18)(H,14,15)(H,16,17). The predicted octanol–water partition coefficient (Wildman–Crippen LogP) is 1.24. The first-order chi connectivity index (χ1) is 8.52. The van der Waals surface area contributed by atoms with Gasteiger partial charge in [-0.3, -0.25) is 9.59 Å². The summed E-state index contributed by atoms with van der Waals surface area (Å²) in [5.41, 5.74) is 5.29. The Bertz CT molecular complexity index is 434. The number of aromatic nitrogens is 1. The van der Waals surface area contributed by atoms with Crippen LogP contribution in [0.5, 0.6) is 0 Å². The number of anilines is 1. The van der Waals surface area contributed by atoms with Crippen molar-refractivity contribution in [1.82, 2.24) is 4.98 Å². The molecule has 1 aromatic heterocycles. The lowest BCUT2D eigenvalue weighted by Gasteiger charge is -2.16. The number of nitrogens with two attached hydrogens (primary N) is 1. The van der Waals surface area contributed by atoms with Gasteiger partial charge in [-0.25, -0.2) is 4.98 Å². The smallest absolute Gasteiger partial charge is 0.305 e. The number of carboxylic acid groups (broad SMARTS) is 1. The fourth-order valence-electron chi connectivity index (χ4n) is 1.65. The molecule has 0 aromatic carbocycles. The summed E-state index contributed by atoms with van der Waals surface area (Å²) >= 11 is 0. The molecule has 0 aliphatic heterocycles. The molecule has 6 heteroatoms. The fraction of sp³-hybridized carbons (Fsp3) is 0.417. The zero-order chi connectivity index (χ0) is 13.5. The number of aliphatic carboxylic acids is 1. The highest BCUT2D eigenvalue weighted by molar-refractivity contribution is 5.91. The number of carbonyl (C=O) groups excluding carboxylic acids is 1. The molecule has 18 heavy (non-hydrogen) atoms. The van der Waals surface area contributed by atoms with Gasteiger partial charge in [-0.05, 0) is 18.6 Å². The quantitative estimate of drug-likeness (QED) is 0.676. The maximum absolute atomic E-state index is 11.0. The van der Waals surface area contributed by atoms with Gasteiger partial charge in [0.05, 0.1) is 6.42 Å². The van der Waals surface area contributed by atoms with Crippen molar-refractivity contribution in [3.63, 3.8) is 0 Å². The summed E-state index contributed by atoms with van der Waals surface area (Å²) in [6.45, 7) is 1.98. The number of carboxylic acids is 1. The molecule has 1 atom stereocenters. The Morgan fingerprint density at radius 2 is 2.22 bits per heavy atom. The fourth-order valence-corrected chi connectivity index (χ4v) is 1.65. The molecule has 1 amide bonds. The summed E-state index contributed by atoms with van der Waals surface area (Å²) in [5, 5.41) is 11.8. The molecule has 1 rings (SSSR count). The highest BCUT2D eigenvalue weighted by Crippen LogP contribution is 2.11. The van der Waals surface area contributed by atoms with Crippen LogP contribution < -0.4 is 11.1 Å². The lowest BCUT2D eigenvalue weighted by atomic mass is 10.1. The van der Waals surface area contributed by atoms with E-state index in [4.69, 9.17) is 10.8 Å². The highest BCUT2D eigenvalue weighted by Gasteiger charge is 2.13. The van der Waals surface area contributed by atoms with Gasteiger partial charge in [-0.1, -0.05) is 19.4 Å². The van der Waals surface area contributed by atoms with Crippen LogP contribution in [-0.4, -0.2) is 28.0 Å². The predicted molar refractivity (Wildman–Crippen MR) is 67.3 cm³/mol. The van der Waals surface area contributed by atoms with E-state index in [9.17, 15) is 9.59 Å². The Kier molecular flexibility index (Phi) is 5.10. The number of rotatable bonds is 7. The van der Waals surface area contributed by atoms with Crippen LogP contribution in [0.2, 0.25) is 0 Å². The lowest BCUT2D eigenvalue weighted by Crippen LogP contribution is -2.24. The van der Waals surface area contributed by atoms with Crippen LogP contribution in [0.4, 0.5) is 5.82 Å². The Hall–Kier alpha value is -2.11. The SMILES string of the molecule is CCCC(CC(=O)O)Nc1cccc(C(N)=O)n1. The summed E-state index contributed by atoms with van der Waals surface area (Å²) < 4.78 is 0. The van der Waals surface area contributed by atoms with E-state index in [2.05, 4.69) is 10.3 Å². The number of nitrogens with one attached hydrogen (secondary N) is 1. The molecule has 0 fully saturated rings. The van der Waals surface area contributed by atoms with Gasteiger partial charge in [0.25, 0.3) is 5.91 Å². The van der Waals surface area contributed by atoms with Gasteiger partial charge in [0.1, 0.15) is 11.5 Å². The van der Waals surface area contributed by atoms with Crippen LogP contribution in [0.1, 0.15) is 36.7 Å². The molecule has 0 saturated carbocycles. The van der Waals surface area contributed by atoms with Crippen molar-refractivity contribution in [2.45, 2.75) is 32.2 Å². The number of primary amides is 1. The maximum atomic E-state index is 11.0. The summed E-state index contributed by atoms with van der Waals surface area (Å²) in [6, 6.07) is 4.64. The van der Waals surface area contributed by atoms with Crippen molar-refractivity contribution in [3.8, 4) is 0 Å². The largest absolute Gasteiger partial charge is 0.481 e. The van der Waals surface area contributed by atoms with Gasteiger partial charge in [0, 0.05) is 6.04 Å². The second kappa shape index (κ2) is 6.58. The van der Waals surface area contributed by atoms with Crippen molar-refractivity contribution in [2.24, 2.45) is 5.73 Å². The number of carbonyl (C=O) groups is 2. The van der Waals surface area contributed by atoms with Crippen LogP contribution in [-0.2, 0) is 4.79 Å². The molecular formula is C12H17N3O3. The molecule has 1 heterocycles. The molecule has 1 unspecified atom stereocenters. The second-order valence-corrected chi connectivity index (χ2v) is 4.00. The van der Waals surface area contributed by atoms with Crippen molar-refractivity contribution in [3.05, 3.63) is 23.9 Å². The third kappa shape index (κ3) is 4.40. The topological polar surface area (TPSA) is 105 Å². The van der Waals surface area contributed by atoms with E-state index in [0.717, 1.165) is 12.8 Å². The molecule has 0 radical (unpaired) electrons. The Morgan fingerprint density at radius 3 is 2.78 bits per heavy atom. The van der Waals surface area contributed by atoms with E-state index >= 15 is 0 Å². The van der Waals surface area contributed by atoms with E-state index in [1.54, 1.807) is 12.1 Å². The number of pyridine rings is 1. The molecule has 1 aromatic rings. The molecule has 6 nitrogen and oxygen atoms in total. The second-order valence-electron chi connectivity index (χ2n) is 4.00. The molecule has 0 spiro atoms. The molecule has 98 valence electrons. The zero-order valence-corrected chi connectivity index (χ0v) is 10.2. The molecule has 4 N–H and O–H groups in total. The van der Waals surface area contributed by atoms with Gasteiger partial charge in [0.2, 0.25) is 0 Å². The summed E-state index contributed by atoms with van der Waals surface area (Å²) in [5.74, 6) is -1.01. The van der Waals surface area contributed by atoms with E-state index in [1.165, 1.54) is 6.07 Å².